The minimum atomic E-state index is -3.92. The zero-order valence-electron chi connectivity index (χ0n) is 11.3. The van der Waals surface area contributed by atoms with E-state index in [0.717, 1.165) is 24.5 Å². The Balaban J connectivity index is 1.96. The van der Waals surface area contributed by atoms with E-state index in [4.69, 9.17) is 0 Å². The van der Waals surface area contributed by atoms with E-state index in [1.165, 1.54) is 16.6 Å². The van der Waals surface area contributed by atoms with Gasteiger partial charge in [0.15, 0.2) is 5.82 Å². The van der Waals surface area contributed by atoms with Gasteiger partial charge in [0.2, 0.25) is 5.03 Å². The largest absolute Gasteiger partial charge is 0.264 e. The predicted molar refractivity (Wildman–Crippen MR) is 76.4 cm³/mol. The van der Waals surface area contributed by atoms with Crippen LogP contribution in [0.2, 0.25) is 0 Å². The highest BCUT2D eigenvalue weighted by Gasteiger charge is 2.39. The van der Waals surface area contributed by atoms with Crippen LogP contribution in [-0.4, -0.2) is 23.7 Å². The summed E-state index contributed by atoms with van der Waals surface area (Å²) in [5, 5.41) is -0.493. The fourth-order valence-corrected chi connectivity index (χ4v) is 3.86. The number of hydrogen-bond donors (Lipinski definition) is 0. The van der Waals surface area contributed by atoms with Crippen molar-refractivity contribution in [1.82, 2.24) is 9.29 Å². The zero-order chi connectivity index (χ0) is 14.9. The van der Waals surface area contributed by atoms with Gasteiger partial charge in [-0.1, -0.05) is 30.3 Å². The Bertz CT molecular complexity index is 730. The molecular formula is C15H15FN2O2S. The minimum Gasteiger partial charge on any atom is -0.241 e. The number of sulfonamides is 1. The second-order valence-corrected chi connectivity index (χ2v) is 6.86. The third-order valence-corrected chi connectivity index (χ3v) is 5.25. The van der Waals surface area contributed by atoms with Gasteiger partial charge < -0.3 is 0 Å². The maximum atomic E-state index is 13.8. The second kappa shape index (κ2) is 5.54. The average molecular weight is 306 g/mol. The lowest BCUT2D eigenvalue weighted by atomic mass is 10.2. The molecule has 0 radical (unpaired) electrons. The first-order valence-corrected chi connectivity index (χ1v) is 8.19. The van der Waals surface area contributed by atoms with Crippen molar-refractivity contribution in [3.05, 3.63) is 60.0 Å². The van der Waals surface area contributed by atoms with Gasteiger partial charge in [-0.2, -0.15) is 4.31 Å². The average Bonchev–Trinajstić information content (AvgIpc) is 3.30. The summed E-state index contributed by atoms with van der Waals surface area (Å²) in [6, 6.07) is 11.7. The monoisotopic (exact) mass is 306 g/mol. The predicted octanol–water partition coefficient (Wildman–Crippen LogP) is 2.57. The summed E-state index contributed by atoms with van der Waals surface area (Å²) in [7, 11) is -3.92. The molecule has 3 rings (SSSR count). The maximum Gasteiger partial charge on any atom is 0.264 e. The molecule has 0 spiro atoms. The van der Waals surface area contributed by atoms with E-state index in [9.17, 15) is 12.8 Å². The molecule has 1 aliphatic rings. The van der Waals surface area contributed by atoms with Gasteiger partial charge in [0.25, 0.3) is 10.0 Å². The molecule has 4 nitrogen and oxygen atoms in total. The van der Waals surface area contributed by atoms with Crippen LogP contribution in [0.25, 0.3) is 0 Å². The summed E-state index contributed by atoms with van der Waals surface area (Å²) in [5.74, 6) is -0.809. The van der Waals surface area contributed by atoms with E-state index in [1.807, 2.05) is 30.3 Å². The third kappa shape index (κ3) is 2.96. The molecule has 6 heteroatoms. The van der Waals surface area contributed by atoms with Crippen LogP contribution in [0.15, 0.2) is 53.7 Å². The first kappa shape index (κ1) is 14.2. The molecule has 0 amide bonds. The van der Waals surface area contributed by atoms with Crippen LogP contribution in [0.3, 0.4) is 0 Å². The molecule has 1 fully saturated rings. The van der Waals surface area contributed by atoms with Crippen molar-refractivity contribution in [3.63, 3.8) is 0 Å². The Labute approximate surface area is 123 Å². The lowest BCUT2D eigenvalue weighted by Gasteiger charge is -2.21. The molecule has 2 aromatic rings. The molecule has 0 aliphatic heterocycles. The Morgan fingerprint density at radius 2 is 1.86 bits per heavy atom. The first-order valence-electron chi connectivity index (χ1n) is 6.75. The van der Waals surface area contributed by atoms with E-state index in [2.05, 4.69) is 4.98 Å². The summed E-state index contributed by atoms with van der Waals surface area (Å²) >= 11 is 0. The molecule has 0 bridgehead atoms. The number of halogens is 1. The first-order chi connectivity index (χ1) is 10.1. The van der Waals surface area contributed by atoms with Crippen LogP contribution in [-0.2, 0) is 16.6 Å². The molecule has 1 heterocycles. The highest BCUT2D eigenvalue weighted by Crippen LogP contribution is 2.33. The van der Waals surface area contributed by atoms with Gasteiger partial charge in [0.1, 0.15) is 0 Å². The van der Waals surface area contributed by atoms with Gasteiger partial charge in [-0.15, -0.1) is 0 Å². The van der Waals surface area contributed by atoms with Crippen molar-refractivity contribution >= 4 is 10.0 Å². The topological polar surface area (TPSA) is 50.3 Å². The highest BCUT2D eigenvalue weighted by atomic mass is 32.2. The van der Waals surface area contributed by atoms with Crippen LogP contribution in [0.4, 0.5) is 4.39 Å². The summed E-state index contributed by atoms with van der Waals surface area (Å²) in [4.78, 5) is 3.72. The molecule has 1 saturated carbocycles. The standard InChI is InChI=1S/C15H15FN2O2S/c16-14-7-4-10-17-15(14)21(19,20)18(13-8-9-13)11-12-5-2-1-3-6-12/h1-7,10,13H,8-9,11H2. The van der Waals surface area contributed by atoms with Crippen molar-refractivity contribution in [2.75, 3.05) is 0 Å². The van der Waals surface area contributed by atoms with Gasteiger partial charge in [-0.05, 0) is 30.5 Å². The van der Waals surface area contributed by atoms with Crippen molar-refractivity contribution in [3.8, 4) is 0 Å². The van der Waals surface area contributed by atoms with Crippen molar-refractivity contribution in [2.45, 2.75) is 30.5 Å². The molecule has 1 aliphatic carbocycles. The number of benzene rings is 1. The molecule has 110 valence electrons. The van der Waals surface area contributed by atoms with E-state index >= 15 is 0 Å². The van der Waals surface area contributed by atoms with Gasteiger partial charge in [-0.3, -0.25) is 0 Å². The molecule has 0 N–H and O–H groups in total. The molecule has 0 saturated heterocycles. The fourth-order valence-electron chi connectivity index (χ4n) is 2.21. The Kier molecular flexibility index (Phi) is 3.73. The quantitative estimate of drug-likeness (QED) is 0.853. The SMILES string of the molecule is O=S(=O)(c1ncccc1F)N(Cc1ccccc1)C1CC1. The second-order valence-electron chi connectivity index (χ2n) is 5.06. The van der Waals surface area contributed by atoms with Gasteiger partial charge >= 0.3 is 0 Å². The van der Waals surface area contributed by atoms with Crippen LogP contribution >= 0.6 is 0 Å². The van der Waals surface area contributed by atoms with Crippen LogP contribution in [0.1, 0.15) is 18.4 Å². The van der Waals surface area contributed by atoms with E-state index in [0.29, 0.717) is 0 Å². The number of rotatable bonds is 5. The molecular weight excluding hydrogens is 291 g/mol. The van der Waals surface area contributed by atoms with Gasteiger partial charge in [0.05, 0.1) is 0 Å². The third-order valence-electron chi connectivity index (χ3n) is 3.41. The number of aromatic nitrogens is 1. The van der Waals surface area contributed by atoms with Gasteiger partial charge in [-0.25, -0.2) is 17.8 Å². The summed E-state index contributed by atoms with van der Waals surface area (Å²) < 4.78 is 40.5. The summed E-state index contributed by atoms with van der Waals surface area (Å²) in [5.41, 5.74) is 0.879. The maximum absolute atomic E-state index is 13.8. The van der Waals surface area contributed by atoms with Crippen LogP contribution < -0.4 is 0 Å². The van der Waals surface area contributed by atoms with E-state index in [-0.39, 0.29) is 12.6 Å². The lowest BCUT2D eigenvalue weighted by molar-refractivity contribution is 0.392. The zero-order valence-corrected chi connectivity index (χ0v) is 12.1. The summed E-state index contributed by atoms with van der Waals surface area (Å²) in [6.07, 6.45) is 2.91. The lowest BCUT2D eigenvalue weighted by Crippen LogP contribution is -2.33. The number of hydrogen-bond acceptors (Lipinski definition) is 3. The Morgan fingerprint density at radius 3 is 2.48 bits per heavy atom. The summed E-state index contributed by atoms with van der Waals surface area (Å²) in [6.45, 7) is 0.240. The van der Waals surface area contributed by atoms with Crippen molar-refractivity contribution < 1.29 is 12.8 Å². The van der Waals surface area contributed by atoms with E-state index < -0.39 is 20.9 Å². The van der Waals surface area contributed by atoms with Crippen molar-refractivity contribution in [1.29, 1.82) is 0 Å². The smallest absolute Gasteiger partial charge is 0.241 e. The van der Waals surface area contributed by atoms with Crippen LogP contribution in [0, 0.1) is 5.82 Å². The van der Waals surface area contributed by atoms with Crippen LogP contribution in [0.5, 0.6) is 0 Å². The normalized spacial score (nSPS) is 15.3. The number of pyridine rings is 1. The number of nitrogens with zero attached hydrogens (tertiary/aromatic N) is 2. The highest BCUT2D eigenvalue weighted by molar-refractivity contribution is 7.89. The van der Waals surface area contributed by atoms with Gasteiger partial charge in [0, 0.05) is 18.8 Å². The molecule has 0 atom stereocenters. The molecule has 0 unspecified atom stereocenters. The molecule has 1 aromatic carbocycles. The minimum absolute atomic E-state index is 0.0587. The molecule has 1 aromatic heterocycles. The Hall–Kier alpha value is -1.79. The van der Waals surface area contributed by atoms with E-state index in [1.54, 1.807) is 0 Å². The van der Waals surface area contributed by atoms with Crippen molar-refractivity contribution in [2.24, 2.45) is 0 Å². The molecule has 21 heavy (non-hydrogen) atoms. The Morgan fingerprint density at radius 1 is 1.14 bits per heavy atom. The fraction of sp³-hybridized carbons (Fsp3) is 0.267.